The van der Waals surface area contributed by atoms with E-state index in [1.54, 1.807) is 14.0 Å². The summed E-state index contributed by atoms with van der Waals surface area (Å²) in [6.07, 6.45) is 0.733. The van der Waals surface area contributed by atoms with Gasteiger partial charge in [-0.1, -0.05) is 12.1 Å². The van der Waals surface area contributed by atoms with Crippen molar-refractivity contribution < 1.29 is 9.53 Å². The third-order valence-corrected chi connectivity index (χ3v) is 5.24. The van der Waals surface area contributed by atoms with Crippen LogP contribution in [0.15, 0.2) is 24.3 Å². The number of alkyl halides is 1. The molecule has 0 spiro atoms. The van der Waals surface area contributed by atoms with E-state index in [0.717, 1.165) is 53.7 Å². The van der Waals surface area contributed by atoms with E-state index < -0.39 is 5.38 Å². The fourth-order valence-electron chi connectivity index (χ4n) is 3.56. The third-order valence-electron chi connectivity index (χ3n) is 5.05. The Balaban J connectivity index is 1.84. The lowest BCUT2D eigenvalue weighted by atomic mass is 10.0. The molecule has 1 aliphatic rings. The van der Waals surface area contributed by atoms with Crippen molar-refractivity contribution in [3.05, 3.63) is 46.9 Å². The summed E-state index contributed by atoms with van der Waals surface area (Å²) in [4.78, 5) is 25.6. The van der Waals surface area contributed by atoms with Gasteiger partial charge >= 0.3 is 0 Å². The topological polar surface area (TPSA) is 58.6 Å². The number of anilines is 1. The highest BCUT2D eigenvalue weighted by atomic mass is 35.5. The van der Waals surface area contributed by atoms with Crippen molar-refractivity contribution in [2.75, 3.05) is 38.2 Å². The Morgan fingerprint density at radius 2 is 1.93 bits per heavy atom. The molecule has 0 radical (unpaired) electrons. The maximum atomic E-state index is 12.2. The van der Waals surface area contributed by atoms with E-state index in [9.17, 15) is 4.79 Å². The van der Waals surface area contributed by atoms with Crippen LogP contribution in [0.3, 0.4) is 0 Å². The SMILES string of the molecule is COc1cccc(Cc2c(C)nc(C)nc2N2CCN(C(=O)[C@@H](C)Cl)CC2)c1. The number of aryl methyl sites for hydroxylation is 2. The highest BCUT2D eigenvalue weighted by molar-refractivity contribution is 6.30. The average Bonchev–Trinajstić information content (AvgIpc) is 2.69. The second-order valence-corrected chi connectivity index (χ2v) is 7.77. The summed E-state index contributed by atoms with van der Waals surface area (Å²) in [6.45, 7) is 8.43. The van der Waals surface area contributed by atoms with Crippen LogP contribution in [-0.4, -0.2) is 59.4 Å². The van der Waals surface area contributed by atoms with Crippen LogP contribution in [0.1, 0.15) is 29.6 Å². The number of aromatic nitrogens is 2. The fourth-order valence-corrected chi connectivity index (χ4v) is 3.70. The Kier molecular flexibility index (Phi) is 6.39. The van der Waals surface area contributed by atoms with Crippen molar-refractivity contribution in [3.8, 4) is 5.75 Å². The van der Waals surface area contributed by atoms with Crippen molar-refractivity contribution >= 4 is 23.3 Å². The number of nitrogens with zero attached hydrogens (tertiary/aromatic N) is 4. The Labute approximate surface area is 171 Å². The summed E-state index contributed by atoms with van der Waals surface area (Å²) in [5.41, 5.74) is 3.25. The molecule has 1 amide bonds. The van der Waals surface area contributed by atoms with E-state index in [-0.39, 0.29) is 5.91 Å². The van der Waals surface area contributed by atoms with Crippen molar-refractivity contribution in [2.45, 2.75) is 32.6 Å². The molecule has 0 N–H and O–H groups in total. The van der Waals surface area contributed by atoms with Gasteiger partial charge in [0, 0.05) is 43.9 Å². The molecule has 1 aromatic heterocycles. The molecule has 0 saturated carbocycles. The molecule has 1 aromatic carbocycles. The lowest BCUT2D eigenvalue weighted by Gasteiger charge is -2.37. The van der Waals surface area contributed by atoms with Crippen LogP contribution in [0, 0.1) is 13.8 Å². The van der Waals surface area contributed by atoms with E-state index in [0.29, 0.717) is 13.1 Å². The normalized spacial score (nSPS) is 15.5. The second kappa shape index (κ2) is 8.78. The first-order valence-electron chi connectivity index (χ1n) is 9.54. The lowest BCUT2D eigenvalue weighted by molar-refractivity contribution is -0.130. The molecule has 28 heavy (non-hydrogen) atoms. The van der Waals surface area contributed by atoms with E-state index in [1.807, 2.05) is 36.9 Å². The minimum Gasteiger partial charge on any atom is -0.497 e. The number of rotatable bonds is 5. The minimum absolute atomic E-state index is 0.00651. The number of amides is 1. The molecule has 1 atom stereocenters. The van der Waals surface area contributed by atoms with Crippen molar-refractivity contribution in [1.29, 1.82) is 0 Å². The molecular weight excluding hydrogens is 376 g/mol. The summed E-state index contributed by atoms with van der Waals surface area (Å²) in [6, 6.07) is 8.07. The van der Waals surface area contributed by atoms with Crippen LogP contribution in [0.25, 0.3) is 0 Å². The first-order valence-corrected chi connectivity index (χ1v) is 9.97. The first kappa shape index (κ1) is 20.4. The minimum atomic E-state index is -0.487. The molecule has 6 nitrogen and oxygen atoms in total. The zero-order valence-electron chi connectivity index (χ0n) is 16.9. The van der Waals surface area contributed by atoms with Gasteiger partial charge in [0.1, 0.15) is 22.8 Å². The van der Waals surface area contributed by atoms with Gasteiger partial charge in [-0.3, -0.25) is 4.79 Å². The number of piperazine rings is 1. The van der Waals surface area contributed by atoms with E-state index in [4.69, 9.17) is 21.3 Å². The molecule has 0 unspecified atom stereocenters. The molecular formula is C21H27ClN4O2. The quantitative estimate of drug-likeness (QED) is 0.719. The summed E-state index contributed by atoms with van der Waals surface area (Å²) in [7, 11) is 1.67. The van der Waals surface area contributed by atoms with Gasteiger partial charge in [-0.25, -0.2) is 9.97 Å². The largest absolute Gasteiger partial charge is 0.497 e. The predicted molar refractivity (Wildman–Crippen MR) is 111 cm³/mol. The maximum Gasteiger partial charge on any atom is 0.240 e. The molecule has 1 saturated heterocycles. The van der Waals surface area contributed by atoms with E-state index >= 15 is 0 Å². The molecule has 2 aromatic rings. The number of methoxy groups -OCH3 is 1. The number of hydrogen-bond acceptors (Lipinski definition) is 5. The summed E-state index contributed by atoms with van der Waals surface area (Å²) >= 11 is 5.96. The van der Waals surface area contributed by atoms with Crippen molar-refractivity contribution in [1.82, 2.24) is 14.9 Å². The Morgan fingerprint density at radius 1 is 1.21 bits per heavy atom. The van der Waals surface area contributed by atoms with Gasteiger partial charge in [0.25, 0.3) is 0 Å². The van der Waals surface area contributed by atoms with Crippen LogP contribution < -0.4 is 9.64 Å². The average molecular weight is 403 g/mol. The van der Waals surface area contributed by atoms with Gasteiger partial charge in [-0.05, 0) is 38.5 Å². The number of ether oxygens (including phenoxy) is 1. The molecule has 3 rings (SSSR count). The van der Waals surface area contributed by atoms with Gasteiger partial charge < -0.3 is 14.5 Å². The second-order valence-electron chi connectivity index (χ2n) is 7.12. The van der Waals surface area contributed by atoms with Crippen LogP contribution in [0.4, 0.5) is 5.82 Å². The highest BCUT2D eigenvalue weighted by Gasteiger charge is 2.26. The van der Waals surface area contributed by atoms with Crippen molar-refractivity contribution in [3.63, 3.8) is 0 Å². The number of hydrogen-bond donors (Lipinski definition) is 0. The Bertz CT molecular complexity index is 848. The molecule has 0 bridgehead atoms. The van der Waals surface area contributed by atoms with E-state index in [1.165, 1.54) is 0 Å². The molecule has 150 valence electrons. The molecule has 1 aliphatic heterocycles. The number of carbonyl (C=O) groups excluding carboxylic acids is 1. The van der Waals surface area contributed by atoms with Gasteiger partial charge in [-0.15, -0.1) is 11.6 Å². The van der Waals surface area contributed by atoms with Crippen LogP contribution >= 0.6 is 11.6 Å². The van der Waals surface area contributed by atoms with Crippen LogP contribution in [0.5, 0.6) is 5.75 Å². The van der Waals surface area contributed by atoms with Gasteiger partial charge in [0.15, 0.2) is 0 Å². The standard InChI is InChI=1S/C21H27ClN4O2/c1-14(22)21(27)26-10-8-25(9-11-26)20-19(15(2)23-16(3)24-20)13-17-6-5-7-18(12-17)28-4/h5-7,12,14H,8-11,13H2,1-4H3/t14-/m1/s1. The van der Waals surface area contributed by atoms with E-state index in [2.05, 4.69) is 16.0 Å². The summed E-state index contributed by atoms with van der Waals surface area (Å²) < 4.78 is 5.35. The number of carbonyl (C=O) groups is 1. The smallest absolute Gasteiger partial charge is 0.240 e. The van der Waals surface area contributed by atoms with Gasteiger partial charge in [-0.2, -0.15) is 0 Å². The van der Waals surface area contributed by atoms with Gasteiger partial charge in [0.2, 0.25) is 5.91 Å². The molecule has 7 heteroatoms. The molecule has 1 fully saturated rings. The van der Waals surface area contributed by atoms with Crippen molar-refractivity contribution in [2.24, 2.45) is 0 Å². The Morgan fingerprint density at radius 3 is 2.57 bits per heavy atom. The van der Waals surface area contributed by atoms with Crippen LogP contribution in [0.2, 0.25) is 0 Å². The number of benzene rings is 1. The summed E-state index contributed by atoms with van der Waals surface area (Å²) in [5.74, 6) is 2.55. The third kappa shape index (κ3) is 4.55. The first-order chi connectivity index (χ1) is 13.4. The highest BCUT2D eigenvalue weighted by Crippen LogP contribution is 2.26. The fraction of sp³-hybridized carbons (Fsp3) is 0.476. The molecule has 2 heterocycles. The zero-order valence-corrected chi connectivity index (χ0v) is 17.7. The number of halogens is 1. The summed E-state index contributed by atoms with van der Waals surface area (Å²) in [5, 5.41) is -0.487. The monoisotopic (exact) mass is 402 g/mol. The lowest BCUT2D eigenvalue weighted by Crippen LogP contribution is -2.51. The predicted octanol–water partition coefficient (Wildman–Crippen LogP) is 2.97. The maximum absolute atomic E-state index is 12.2. The Hall–Kier alpha value is -2.34. The zero-order chi connectivity index (χ0) is 20.3. The van der Waals surface area contributed by atoms with Gasteiger partial charge in [0.05, 0.1) is 7.11 Å². The molecule has 0 aliphatic carbocycles. The van der Waals surface area contributed by atoms with Crippen LogP contribution in [-0.2, 0) is 11.2 Å².